The average Bonchev–Trinajstić information content (AvgIpc) is 3.00. The van der Waals surface area contributed by atoms with Crippen LogP contribution in [-0.4, -0.2) is 15.7 Å². The van der Waals surface area contributed by atoms with Gasteiger partial charge in [-0.15, -0.1) is 0 Å². The summed E-state index contributed by atoms with van der Waals surface area (Å²) in [7, 11) is 0. The summed E-state index contributed by atoms with van der Waals surface area (Å²) >= 11 is 0. The molecule has 6 atom stereocenters. The first-order valence-corrected chi connectivity index (χ1v) is 10.9. The third-order valence-electron chi connectivity index (χ3n) is 8.97. The highest BCUT2D eigenvalue weighted by Crippen LogP contribution is 2.66. The van der Waals surface area contributed by atoms with E-state index in [1.165, 1.54) is 43.2 Å². The molecule has 27 heavy (non-hydrogen) atoms. The predicted octanol–water partition coefficient (Wildman–Crippen LogP) is 5.79. The SMILES string of the molecule is CC1(O)CCC2(C)C(CCC3C4=CC=C(c5cccnc5)C4(C)CCC32)C1. The van der Waals surface area contributed by atoms with E-state index in [2.05, 4.69) is 50.0 Å². The lowest BCUT2D eigenvalue weighted by Gasteiger charge is -2.60. The van der Waals surface area contributed by atoms with E-state index in [0.717, 1.165) is 24.7 Å². The lowest BCUT2D eigenvalue weighted by Crippen LogP contribution is -2.53. The maximum Gasteiger partial charge on any atom is 0.0622 e. The lowest BCUT2D eigenvalue weighted by molar-refractivity contribution is -0.113. The van der Waals surface area contributed by atoms with Gasteiger partial charge in [0.15, 0.2) is 0 Å². The zero-order chi connectivity index (χ0) is 18.9. The standard InChI is InChI=1S/C25H33NO/c1-23(27)12-13-24(2)18(15-23)6-7-19-21-9-8-20(17-5-4-14-26-16-17)25(21,3)11-10-22(19)24/h4-5,8-9,14,16,18-19,22,27H,6-7,10-13,15H2,1-3H3. The van der Waals surface area contributed by atoms with Gasteiger partial charge in [-0.2, -0.15) is 0 Å². The summed E-state index contributed by atoms with van der Waals surface area (Å²) in [5.74, 6) is 2.20. The molecule has 1 aromatic rings. The van der Waals surface area contributed by atoms with Gasteiger partial charge in [-0.3, -0.25) is 4.98 Å². The number of hydrogen-bond donors (Lipinski definition) is 1. The summed E-state index contributed by atoms with van der Waals surface area (Å²) in [5.41, 5.74) is 4.61. The lowest BCUT2D eigenvalue weighted by atomic mass is 9.45. The van der Waals surface area contributed by atoms with Crippen LogP contribution in [0.2, 0.25) is 0 Å². The third-order valence-corrected chi connectivity index (χ3v) is 8.97. The Kier molecular flexibility index (Phi) is 3.79. The van der Waals surface area contributed by atoms with Crippen molar-refractivity contribution >= 4 is 5.57 Å². The Balaban J connectivity index is 1.45. The second-order valence-electron chi connectivity index (χ2n) is 10.5. The van der Waals surface area contributed by atoms with Crippen molar-refractivity contribution in [2.24, 2.45) is 28.6 Å². The van der Waals surface area contributed by atoms with Crippen molar-refractivity contribution in [1.29, 1.82) is 0 Å². The topological polar surface area (TPSA) is 33.1 Å². The van der Waals surface area contributed by atoms with E-state index in [1.807, 2.05) is 12.4 Å². The van der Waals surface area contributed by atoms with Gasteiger partial charge in [-0.1, -0.05) is 37.6 Å². The van der Waals surface area contributed by atoms with Gasteiger partial charge in [0.1, 0.15) is 0 Å². The van der Waals surface area contributed by atoms with Gasteiger partial charge in [0, 0.05) is 17.8 Å². The van der Waals surface area contributed by atoms with Gasteiger partial charge in [-0.05, 0) is 92.2 Å². The van der Waals surface area contributed by atoms with E-state index in [1.54, 1.807) is 5.57 Å². The molecule has 0 saturated heterocycles. The van der Waals surface area contributed by atoms with Crippen LogP contribution in [-0.2, 0) is 0 Å². The normalized spacial score (nSPS) is 46.0. The van der Waals surface area contributed by atoms with Crippen molar-refractivity contribution in [3.8, 4) is 0 Å². The molecular formula is C25H33NO. The number of hydrogen-bond acceptors (Lipinski definition) is 2. The minimum Gasteiger partial charge on any atom is -0.390 e. The number of aromatic nitrogens is 1. The second-order valence-corrected chi connectivity index (χ2v) is 10.5. The molecule has 0 radical (unpaired) electrons. The van der Waals surface area contributed by atoms with E-state index in [4.69, 9.17) is 0 Å². The molecule has 6 unspecified atom stereocenters. The van der Waals surface area contributed by atoms with Crippen LogP contribution < -0.4 is 0 Å². The maximum absolute atomic E-state index is 10.7. The van der Waals surface area contributed by atoms with Crippen LogP contribution in [0.4, 0.5) is 0 Å². The minimum absolute atomic E-state index is 0.188. The molecule has 3 fully saturated rings. The smallest absolute Gasteiger partial charge is 0.0622 e. The molecular weight excluding hydrogens is 330 g/mol. The van der Waals surface area contributed by atoms with Crippen molar-refractivity contribution < 1.29 is 5.11 Å². The van der Waals surface area contributed by atoms with Crippen molar-refractivity contribution in [1.82, 2.24) is 4.98 Å². The Morgan fingerprint density at radius 2 is 1.89 bits per heavy atom. The Hall–Kier alpha value is -1.41. The first-order valence-electron chi connectivity index (χ1n) is 10.9. The number of fused-ring (bicyclic) bond motifs is 5. The summed E-state index contributed by atoms with van der Waals surface area (Å²) in [6, 6.07) is 4.28. The highest BCUT2D eigenvalue weighted by Gasteiger charge is 2.57. The van der Waals surface area contributed by atoms with Crippen LogP contribution in [0.25, 0.3) is 5.57 Å². The average molecular weight is 364 g/mol. The summed E-state index contributed by atoms with van der Waals surface area (Å²) in [4.78, 5) is 4.37. The predicted molar refractivity (Wildman–Crippen MR) is 110 cm³/mol. The molecule has 0 amide bonds. The van der Waals surface area contributed by atoms with Gasteiger partial charge in [0.05, 0.1) is 5.60 Å². The Morgan fingerprint density at radius 3 is 2.67 bits per heavy atom. The molecule has 0 bridgehead atoms. The fraction of sp³-hybridized carbons (Fsp3) is 0.640. The molecule has 0 aromatic carbocycles. The fourth-order valence-electron chi connectivity index (χ4n) is 7.36. The van der Waals surface area contributed by atoms with Gasteiger partial charge < -0.3 is 5.11 Å². The summed E-state index contributed by atoms with van der Waals surface area (Å²) in [6.07, 6.45) is 17.1. The van der Waals surface area contributed by atoms with Crippen molar-refractivity contribution in [3.05, 3.63) is 47.8 Å². The third kappa shape index (κ3) is 2.52. The van der Waals surface area contributed by atoms with E-state index in [0.29, 0.717) is 11.3 Å². The van der Waals surface area contributed by atoms with Crippen LogP contribution >= 0.6 is 0 Å². The number of aliphatic hydroxyl groups is 1. The first kappa shape index (κ1) is 17.7. The highest BCUT2D eigenvalue weighted by molar-refractivity contribution is 5.78. The number of nitrogens with zero attached hydrogens (tertiary/aromatic N) is 1. The first-order chi connectivity index (χ1) is 12.8. The summed E-state index contributed by atoms with van der Waals surface area (Å²) < 4.78 is 0. The van der Waals surface area contributed by atoms with Gasteiger partial charge in [-0.25, -0.2) is 0 Å². The number of pyridine rings is 1. The molecule has 3 saturated carbocycles. The Labute approximate surface area is 163 Å². The molecule has 0 spiro atoms. The zero-order valence-corrected chi connectivity index (χ0v) is 17.0. The van der Waals surface area contributed by atoms with E-state index < -0.39 is 5.60 Å². The second kappa shape index (κ2) is 5.80. The Morgan fingerprint density at radius 1 is 1.04 bits per heavy atom. The quantitative estimate of drug-likeness (QED) is 0.685. The molecule has 144 valence electrons. The molecule has 4 aliphatic rings. The van der Waals surface area contributed by atoms with Gasteiger partial charge in [0.25, 0.3) is 0 Å². The molecule has 5 rings (SSSR count). The molecule has 0 aliphatic heterocycles. The van der Waals surface area contributed by atoms with Crippen molar-refractivity contribution in [2.45, 2.75) is 71.3 Å². The minimum atomic E-state index is -0.443. The van der Waals surface area contributed by atoms with E-state index >= 15 is 0 Å². The van der Waals surface area contributed by atoms with Gasteiger partial charge >= 0.3 is 0 Å². The number of rotatable bonds is 1. The van der Waals surface area contributed by atoms with Crippen molar-refractivity contribution in [3.63, 3.8) is 0 Å². The summed E-state index contributed by atoms with van der Waals surface area (Å²) in [6.45, 7) is 7.08. The molecule has 4 aliphatic carbocycles. The molecule has 2 nitrogen and oxygen atoms in total. The van der Waals surface area contributed by atoms with E-state index in [9.17, 15) is 5.11 Å². The van der Waals surface area contributed by atoms with Crippen LogP contribution in [0.15, 0.2) is 42.3 Å². The largest absolute Gasteiger partial charge is 0.390 e. The van der Waals surface area contributed by atoms with Crippen LogP contribution in [0.5, 0.6) is 0 Å². The zero-order valence-electron chi connectivity index (χ0n) is 17.0. The molecule has 1 aromatic heterocycles. The summed E-state index contributed by atoms with van der Waals surface area (Å²) in [5, 5.41) is 10.7. The van der Waals surface area contributed by atoms with Crippen molar-refractivity contribution in [2.75, 3.05) is 0 Å². The highest BCUT2D eigenvalue weighted by atomic mass is 16.3. The maximum atomic E-state index is 10.7. The van der Waals surface area contributed by atoms with E-state index in [-0.39, 0.29) is 5.41 Å². The molecule has 2 heteroatoms. The Bertz CT molecular complexity index is 807. The monoisotopic (exact) mass is 363 g/mol. The van der Waals surface area contributed by atoms with Crippen LogP contribution in [0.1, 0.15) is 71.3 Å². The van der Waals surface area contributed by atoms with Crippen LogP contribution in [0.3, 0.4) is 0 Å². The fourth-order valence-corrected chi connectivity index (χ4v) is 7.36. The van der Waals surface area contributed by atoms with Crippen LogP contribution in [0, 0.1) is 28.6 Å². The van der Waals surface area contributed by atoms with Gasteiger partial charge in [0.2, 0.25) is 0 Å². The number of allylic oxidation sites excluding steroid dienone is 4. The molecule has 1 N–H and O–H groups in total. The molecule has 1 heterocycles.